The number of fused-ring (bicyclic) bond motifs is 1. The van der Waals surface area contributed by atoms with E-state index in [0.29, 0.717) is 34.0 Å². The van der Waals surface area contributed by atoms with Gasteiger partial charge >= 0.3 is 5.97 Å². The minimum absolute atomic E-state index is 0.380. The Morgan fingerprint density at radius 2 is 1.68 bits per heavy atom. The van der Waals surface area contributed by atoms with Crippen molar-refractivity contribution in [3.63, 3.8) is 0 Å². The molecule has 0 atom stereocenters. The highest BCUT2D eigenvalue weighted by Crippen LogP contribution is 2.33. The molecule has 0 bridgehead atoms. The quantitative estimate of drug-likeness (QED) is 0.509. The molecule has 28 heavy (non-hydrogen) atoms. The second-order valence-electron chi connectivity index (χ2n) is 6.56. The molecule has 0 aliphatic rings. The van der Waals surface area contributed by atoms with Gasteiger partial charge in [-0.3, -0.25) is 9.59 Å². The van der Waals surface area contributed by atoms with Crippen LogP contribution in [0.3, 0.4) is 0 Å². The first-order chi connectivity index (χ1) is 13.3. The van der Waals surface area contributed by atoms with Crippen molar-refractivity contribution in [3.05, 3.63) is 45.7 Å². The van der Waals surface area contributed by atoms with Crippen molar-refractivity contribution in [1.29, 1.82) is 0 Å². The number of carbonyl (C=O) groups excluding carboxylic acids is 1. The summed E-state index contributed by atoms with van der Waals surface area (Å²) in [6.07, 6.45) is 0. The van der Waals surface area contributed by atoms with E-state index in [1.165, 1.54) is 14.0 Å². The van der Waals surface area contributed by atoms with Gasteiger partial charge in [-0.2, -0.15) is 4.98 Å². The highest BCUT2D eigenvalue weighted by Gasteiger charge is 2.17. The number of carbonyl (C=O) groups is 1. The predicted octanol–water partition coefficient (Wildman–Crippen LogP) is 3.16. The highest BCUT2D eigenvalue weighted by molar-refractivity contribution is 5.88. The second-order valence-corrected chi connectivity index (χ2v) is 6.56. The van der Waals surface area contributed by atoms with E-state index in [2.05, 4.69) is 4.98 Å². The first-order valence-corrected chi connectivity index (χ1v) is 8.69. The third kappa shape index (κ3) is 3.31. The van der Waals surface area contributed by atoms with E-state index in [1.54, 1.807) is 19.2 Å². The van der Waals surface area contributed by atoms with E-state index in [-0.39, 0.29) is 11.5 Å². The lowest BCUT2D eigenvalue weighted by Crippen LogP contribution is -2.16. The highest BCUT2D eigenvalue weighted by atomic mass is 16.5. The molecular weight excluding hydrogens is 360 g/mol. The van der Waals surface area contributed by atoms with Gasteiger partial charge in [-0.1, -0.05) is 0 Å². The molecule has 0 fully saturated rings. The summed E-state index contributed by atoms with van der Waals surface area (Å²) in [7, 11) is 4.89. The molecule has 0 unspecified atom stereocenters. The molecule has 7 nitrogen and oxygen atoms in total. The lowest BCUT2D eigenvalue weighted by atomic mass is 10.0. The van der Waals surface area contributed by atoms with Crippen molar-refractivity contribution in [2.75, 3.05) is 14.2 Å². The van der Waals surface area contributed by atoms with E-state index in [4.69, 9.17) is 14.2 Å². The van der Waals surface area contributed by atoms with Gasteiger partial charge in [0, 0.05) is 31.7 Å². The molecule has 0 saturated carbocycles. The maximum absolute atomic E-state index is 12.8. The fourth-order valence-corrected chi connectivity index (χ4v) is 3.32. The van der Waals surface area contributed by atoms with Gasteiger partial charge in [0.15, 0.2) is 0 Å². The van der Waals surface area contributed by atoms with E-state index in [1.807, 2.05) is 37.6 Å². The van der Waals surface area contributed by atoms with Gasteiger partial charge in [0.2, 0.25) is 0 Å². The Morgan fingerprint density at radius 1 is 1.04 bits per heavy atom. The molecule has 1 aromatic heterocycles. The van der Waals surface area contributed by atoms with Crippen molar-refractivity contribution in [3.8, 4) is 28.6 Å². The zero-order valence-corrected chi connectivity index (χ0v) is 16.7. The molecule has 0 spiro atoms. The number of aromatic nitrogens is 2. The number of esters is 1. The van der Waals surface area contributed by atoms with Crippen LogP contribution in [0.5, 0.6) is 17.2 Å². The van der Waals surface area contributed by atoms with Crippen LogP contribution in [0, 0.1) is 13.8 Å². The van der Waals surface area contributed by atoms with Gasteiger partial charge < -0.3 is 18.8 Å². The van der Waals surface area contributed by atoms with Gasteiger partial charge in [0.05, 0.1) is 19.7 Å². The topological polar surface area (TPSA) is 79.7 Å². The molecule has 146 valence electrons. The summed E-state index contributed by atoms with van der Waals surface area (Å²) in [4.78, 5) is 28.4. The fraction of sp³-hybridized carbons (Fsp3) is 0.286. The SMILES string of the molecule is COc1cc(OC)c2c(=O)nc(-c3cc(C)c(OC(C)=O)c(C)c3)n(C)c2c1. The van der Waals surface area contributed by atoms with Gasteiger partial charge in [0.1, 0.15) is 28.5 Å². The van der Waals surface area contributed by atoms with Gasteiger partial charge in [-0.25, -0.2) is 0 Å². The number of hydrogen-bond donors (Lipinski definition) is 0. The van der Waals surface area contributed by atoms with Gasteiger partial charge in [-0.05, 0) is 37.1 Å². The average Bonchev–Trinajstić information content (AvgIpc) is 2.66. The Kier molecular flexibility index (Phi) is 5.09. The number of benzene rings is 2. The summed E-state index contributed by atoms with van der Waals surface area (Å²) in [5.74, 6) is 1.62. The zero-order chi connectivity index (χ0) is 20.6. The number of aryl methyl sites for hydroxylation is 3. The van der Waals surface area contributed by atoms with Crippen LogP contribution in [0.1, 0.15) is 18.1 Å². The first-order valence-electron chi connectivity index (χ1n) is 8.69. The normalized spacial score (nSPS) is 10.8. The molecule has 0 aliphatic carbocycles. The molecule has 0 aliphatic heterocycles. The summed E-state index contributed by atoms with van der Waals surface area (Å²) in [5, 5.41) is 0.388. The van der Waals surface area contributed by atoms with Crippen LogP contribution in [-0.2, 0) is 11.8 Å². The average molecular weight is 382 g/mol. The minimum atomic E-state index is -0.387. The maximum atomic E-state index is 12.8. The molecule has 0 saturated heterocycles. The van der Waals surface area contributed by atoms with Gasteiger partial charge in [0.25, 0.3) is 5.56 Å². The number of nitrogens with zero attached hydrogens (tertiary/aromatic N) is 2. The van der Waals surface area contributed by atoms with Crippen molar-refractivity contribution in [1.82, 2.24) is 9.55 Å². The fourth-order valence-electron chi connectivity index (χ4n) is 3.32. The standard InChI is InChI=1S/C21H22N2O5/c1-11-7-14(8-12(2)19(11)28-13(3)24)20-22-21(25)18-16(23(20)4)9-15(26-5)10-17(18)27-6/h7-10H,1-6H3. The molecule has 0 N–H and O–H groups in total. The molecule has 3 rings (SSSR count). The van der Waals surface area contributed by atoms with Crippen LogP contribution in [0.25, 0.3) is 22.3 Å². The molecule has 0 radical (unpaired) electrons. The zero-order valence-electron chi connectivity index (χ0n) is 16.7. The first kappa shape index (κ1) is 19.4. The molecule has 1 heterocycles. The maximum Gasteiger partial charge on any atom is 0.308 e. The Balaban J connectivity index is 2.29. The largest absolute Gasteiger partial charge is 0.497 e. The Hall–Kier alpha value is -3.35. The summed E-state index contributed by atoms with van der Waals surface area (Å²) in [5.41, 5.74) is 2.56. The second kappa shape index (κ2) is 7.34. The lowest BCUT2D eigenvalue weighted by Gasteiger charge is -2.16. The predicted molar refractivity (Wildman–Crippen MR) is 106 cm³/mol. The van der Waals surface area contributed by atoms with Crippen molar-refractivity contribution in [2.45, 2.75) is 20.8 Å². The van der Waals surface area contributed by atoms with Crippen LogP contribution >= 0.6 is 0 Å². The molecule has 3 aromatic rings. The summed E-state index contributed by atoms with van der Waals surface area (Å²) in [6, 6.07) is 7.12. The monoisotopic (exact) mass is 382 g/mol. The molecule has 0 amide bonds. The third-order valence-corrected chi connectivity index (χ3v) is 4.58. The number of methoxy groups -OCH3 is 2. The van der Waals surface area contributed by atoms with Crippen LogP contribution in [0.4, 0.5) is 0 Å². The van der Waals surface area contributed by atoms with Crippen LogP contribution in [0.15, 0.2) is 29.1 Å². The minimum Gasteiger partial charge on any atom is -0.497 e. The van der Waals surface area contributed by atoms with Crippen molar-refractivity contribution >= 4 is 16.9 Å². The Morgan fingerprint density at radius 3 is 2.21 bits per heavy atom. The van der Waals surface area contributed by atoms with E-state index in [9.17, 15) is 9.59 Å². The van der Waals surface area contributed by atoms with Gasteiger partial charge in [-0.15, -0.1) is 0 Å². The van der Waals surface area contributed by atoms with E-state index >= 15 is 0 Å². The Labute approximate surface area is 162 Å². The van der Waals surface area contributed by atoms with Crippen LogP contribution < -0.4 is 19.8 Å². The summed E-state index contributed by atoms with van der Waals surface area (Å²) >= 11 is 0. The Bertz CT molecular complexity index is 1120. The molecule has 2 aromatic carbocycles. The van der Waals surface area contributed by atoms with E-state index in [0.717, 1.165) is 16.7 Å². The summed E-state index contributed by atoms with van der Waals surface area (Å²) in [6.45, 7) is 5.06. The molecular formula is C21H22N2O5. The molecule has 7 heteroatoms. The summed E-state index contributed by atoms with van der Waals surface area (Å²) < 4.78 is 17.8. The number of rotatable bonds is 4. The van der Waals surface area contributed by atoms with Crippen molar-refractivity contribution in [2.24, 2.45) is 7.05 Å². The smallest absolute Gasteiger partial charge is 0.308 e. The number of ether oxygens (including phenoxy) is 3. The van der Waals surface area contributed by atoms with Crippen LogP contribution in [0.2, 0.25) is 0 Å². The van der Waals surface area contributed by atoms with E-state index < -0.39 is 0 Å². The van der Waals surface area contributed by atoms with Crippen LogP contribution in [-0.4, -0.2) is 29.7 Å². The number of hydrogen-bond acceptors (Lipinski definition) is 6. The lowest BCUT2D eigenvalue weighted by molar-refractivity contribution is -0.131. The third-order valence-electron chi connectivity index (χ3n) is 4.58. The van der Waals surface area contributed by atoms with Crippen molar-refractivity contribution < 1.29 is 19.0 Å².